The van der Waals surface area contributed by atoms with Gasteiger partial charge in [-0.25, -0.2) is 0 Å². The van der Waals surface area contributed by atoms with Crippen LogP contribution >= 0.6 is 0 Å². The molecule has 1 saturated heterocycles. The molecule has 6 heteroatoms. The van der Waals surface area contributed by atoms with Crippen molar-refractivity contribution in [2.45, 2.75) is 12.5 Å². The van der Waals surface area contributed by atoms with Gasteiger partial charge in [0.15, 0.2) is 0 Å². The van der Waals surface area contributed by atoms with E-state index in [9.17, 15) is 4.79 Å². The molecule has 1 fully saturated rings. The Kier molecular flexibility index (Phi) is 6.46. The van der Waals surface area contributed by atoms with Crippen LogP contribution in [0.3, 0.4) is 0 Å². The van der Waals surface area contributed by atoms with Gasteiger partial charge < -0.3 is 23.8 Å². The van der Waals surface area contributed by atoms with Gasteiger partial charge in [-0.1, -0.05) is 18.2 Å². The predicted octanol–water partition coefficient (Wildman–Crippen LogP) is 3.83. The highest BCUT2D eigenvalue weighted by Crippen LogP contribution is 2.27. The lowest BCUT2D eigenvalue weighted by Gasteiger charge is -2.37. The van der Waals surface area contributed by atoms with Crippen LogP contribution < -0.4 is 14.4 Å². The van der Waals surface area contributed by atoms with Crippen molar-refractivity contribution in [2.75, 3.05) is 45.3 Å². The third-order valence-electron chi connectivity index (χ3n) is 5.88. The SMILES string of the molecule is COc1cccc([C@H](CC(=O)N2CCN(c3cccc(OC)c3)CC2)n2cccc2)c1. The fourth-order valence-corrected chi connectivity index (χ4v) is 4.12. The van der Waals surface area contributed by atoms with Crippen LogP contribution in [-0.4, -0.2) is 55.8 Å². The van der Waals surface area contributed by atoms with E-state index in [1.165, 1.54) is 0 Å². The molecule has 162 valence electrons. The molecule has 0 N–H and O–H groups in total. The Morgan fingerprint density at radius 2 is 1.52 bits per heavy atom. The van der Waals surface area contributed by atoms with Crippen LogP contribution in [0.2, 0.25) is 0 Å². The molecule has 0 unspecified atom stereocenters. The maximum absolute atomic E-state index is 13.2. The maximum Gasteiger partial charge on any atom is 0.225 e. The van der Waals surface area contributed by atoms with Crippen LogP contribution in [0.4, 0.5) is 5.69 Å². The second-order valence-electron chi connectivity index (χ2n) is 7.70. The molecule has 2 heterocycles. The number of carbonyl (C=O) groups is 1. The first-order valence-electron chi connectivity index (χ1n) is 10.6. The second kappa shape index (κ2) is 9.60. The van der Waals surface area contributed by atoms with Gasteiger partial charge >= 0.3 is 0 Å². The number of amides is 1. The van der Waals surface area contributed by atoms with Crippen LogP contribution in [0, 0.1) is 0 Å². The summed E-state index contributed by atoms with van der Waals surface area (Å²) >= 11 is 0. The first-order chi connectivity index (χ1) is 15.2. The number of hydrogen-bond donors (Lipinski definition) is 0. The Labute approximate surface area is 183 Å². The smallest absolute Gasteiger partial charge is 0.225 e. The molecule has 1 aliphatic rings. The molecule has 1 aliphatic heterocycles. The highest BCUT2D eigenvalue weighted by molar-refractivity contribution is 5.77. The quantitative estimate of drug-likeness (QED) is 0.584. The van der Waals surface area contributed by atoms with Crippen molar-refractivity contribution < 1.29 is 14.3 Å². The fraction of sp³-hybridized carbons (Fsp3) is 0.320. The van der Waals surface area contributed by atoms with Crippen molar-refractivity contribution in [1.82, 2.24) is 9.47 Å². The molecular weight excluding hydrogens is 390 g/mol. The van der Waals surface area contributed by atoms with Gasteiger partial charge in [0.1, 0.15) is 11.5 Å². The number of nitrogens with zero attached hydrogens (tertiary/aromatic N) is 3. The zero-order chi connectivity index (χ0) is 21.6. The summed E-state index contributed by atoms with van der Waals surface area (Å²) < 4.78 is 12.8. The zero-order valence-electron chi connectivity index (χ0n) is 18.1. The highest BCUT2D eigenvalue weighted by atomic mass is 16.5. The number of benzene rings is 2. The van der Waals surface area contributed by atoms with Crippen molar-refractivity contribution in [3.8, 4) is 11.5 Å². The van der Waals surface area contributed by atoms with Gasteiger partial charge in [0.2, 0.25) is 5.91 Å². The Morgan fingerprint density at radius 3 is 2.19 bits per heavy atom. The summed E-state index contributed by atoms with van der Waals surface area (Å²) in [5.41, 5.74) is 2.20. The summed E-state index contributed by atoms with van der Waals surface area (Å²) in [5, 5.41) is 0. The van der Waals surface area contributed by atoms with Crippen molar-refractivity contribution in [1.29, 1.82) is 0 Å². The fourth-order valence-electron chi connectivity index (χ4n) is 4.12. The molecule has 3 aromatic rings. The summed E-state index contributed by atoms with van der Waals surface area (Å²) in [6, 6.07) is 20.0. The van der Waals surface area contributed by atoms with Crippen molar-refractivity contribution >= 4 is 11.6 Å². The lowest BCUT2D eigenvalue weighted by atomic mass is 10.0. The number of anilines is 1. The molecule has 4 rings (SSSR count). The number of methoxy groups -OCH3 is 2. The summed E-state index contributed by atoms with van der Waals surface area (Å²) in [6.45, 7) is 3.05. The van der Waals surface area contributed by atoms with Crippen LogP contribution in [0.5, 0.6) is 11.5 Å². The lowest BCUT2D eigenvalue weighted by molar-refractivity contribution is -0.132. The third kappa shape index (κ3) is 4.85. The minimum Gasteiger partial charge on any atom is -0.497 e. The third-order valence-corrected chi connectivity index (χ3v) is 5.88. The van der Waals surface area contributed by atoms with E-state index in [4.69, 9.17) is 9.47 Å². The number of ether oxygens (including phenoxy) is 2. The van der Waals surface area contributed by atoms with E-state index in [1.807, 2.05) is 65.8 Å². The molecule has 0 saturated carbocycles. The summed E-state index contributed by atoms with van der Waals surface area (Å²) in [7, 11) is 3.34. The second-order valence-corrected chi connectivity index (χ2v) is 7.70. The number of piperazine rings is 1. The average Bonchev–Trinajstić information content (AvgIpc) is 3.37. The summed E-state index contributed by atoms with van der Waals surface area (Å²) in [4.78, 5) is 17.5. The molecule has 0 bridgehead atoms. The summed E-state index contributed by atoms with van der Waals surface area (Å²) in [6.07, 6.45) is 4.44. The normalized spacial score (nSPS) is 14.9. The molecule has 6 nitrogen and oxygen atoms in total. The molecule has 0 radical (unpaired) electrons. The van der Waals surface area contributed by atoms with Crippen LogP contribution in [-0.2, 0) is 4.79 Å². The first kappa shape index (κ1) is 20.8. The van der Waals surface area contributed by atoms with E-state index in [2.05, 4.69) is 21.6 Å². The van der Waals surface area contributed by atoms with Crippen molar-refractivity contribution in [3.63, 3.8) is 0 Å². The standard InChI is InChI=1S/C25H29N3O3/c1-30-22-9-5-7-20(17-22)24(27-11-3-4-12-27)19-25(29)28-15-13-26(14-16-28)21-8-6-10-23(18-21)31-2/h3-12,17-18,24H,13-16,19H2,1-2H3/t24-/m0/s1. The Morgan fingerprint density at radius 1 is 0.871 bits per heavy atom. The Hall–Kier alpha value is -3.41. The molecule has 0 aliphatic carbocycles. The van der Waals surface area contributed by atoms with E-state index in [-0.39, 0.29) is 11.9 Å². The minimum absolute atomic E-state index is 0.0611. The Bertz CT molecular complexity index is 995. The van der Waals surface area contributed by atoms with E-state index in [1.54, 1.807) is 14.2 Å². The van der Waals surface area contributed by atoms with E-state index < -0.39 is 0 Å². The van der Waals surface area contributed by atoms with E-state index in [0.29, 0.717) is 19.5 Å². The highest BCUT2D eigenvalue weighted by Gasteiger charge is 2.25. The van der Waals surface area contributed by atoms with Crippen molar-refractivity contribution in [2.24, 2.45) is 0 Å². The van der Waals surface area contributed by atoms with Crippen LogP contribution in [0.15, 0.2) is 73.1 Å². The Balaban J connectivity index is 1.43. The average molecular weight is 420 g/mol. The summed E-state index contributed by atoms with van der Waals surface area (Å²) in [5.74, 6) is 1.82. The topological polar surface area (TPSA) is 46.9 Å². The van der Waals surface area contributed by atoms with Crippen LogP contribution in [0.1, 0.15) is 18.0 Å². The number of hydrogen-bond acceptors (Lipinski definition) is 4. The number of aromatic nitrogens is 1. The van der Waals surface area contributed by atoms with Crippen LogP contribution in [0.25, 0.3) is 0 Å². The minimum atomic E-state index is -0.0611. The maximum atomic E-state index is 13.2. The van der Waals surface area contributed by atoms with Gasteiger partial charge in [-0.3, -0.25) is 4.79 Å². The zero-order valence-corrected chi connectivity index (χ0v) is 18.1. The van der Waals surface area contributed by atoms with Gasteiger partial charge in [-0.15, -0.1) is 0 Å². The van der Waals surface area contributed by atoms with Gasteiger partial charge in [-0.2, -0.15) is 0 Å². The largest absolute Gasteiger partial charge is 0.497 e. The lowest BCUT2D eigenvalue weighted by Crippen LogP contribution is -2.49. The molecule has 2 aromatic carbocycles. The molecule has 1 aromatic heterocycles. The monoisotopic (exact) mass is 419 g/mol. The first-order valence-corrected chi connectivity index (χ1v) is 10.6. The van der Waals surface area contributed by atoms with Gasteiger partial charge in [0.05, 0.1) is 26.7 Å². The van der Waals surface area contributed by atoms with E-state index >= 15 is 0 Å². The molecule has 31 heavy (non-hydrogen) atoms. The predicted molar refractivity (Wildman–Crippen MR) is 122 cm³/mol. The van der Waals surface area contributed by atoms with Crippen molar-refractivity contribution in [3.05, 3.63) is 78.6 Å². The molecule has 1 amide bonds. The van der Waals surface area contributed by atoms with Gasteiger partial charge in [0.25, 0.3) is 0 Å². The number of carbonyl (C=O) groups excluding carboxylic acids is 1. The molecule has 1 atom stereocenters. The van der Waals surface area contributed by atoms with Gasteiger partial charge in [0, 0.05) is 50.3 Å². The molecule has 0 spiro atoms. The van der Waals surface area contributed by atoms with Gasteiger partial charge in [-0.05, 0) is 42.0 Å². The molecular formula is C25H29N3O3. The van der Waals surface area contributed by atoms with E-state index in [0.717, 1.165) is 35.8 Å². The number of rotatable bonds is 7.